The second-order valence-electron chi connectivity index (χ2n) is 20.6. The van der Waals surface area contributed by atoms with Crippen molar-refractivity contribution in [1.82, 2.24) is 0 Å². The van der Waals surface area contributed by atoms with Crippen LogP contribution >= 0.6 is 0 Å². The second kappa shape index (κ2) is 59.7. The van der Waals surface area contributed by atoms with E-state index in [1.807, 2.05) is 0 Å². The first-order chi connectivity index (χ1) is 35.0. The topological polar surface area (TPSA) is 78.9 Å². The summed E-state index contributed by atoms with van der Waals surface area (Å²) in [4.78, 5) is 38.2. The highest BCUT2D eigenvalue weighted by molar-refractivity contribution is 5.71. The van der Waals surface area contributed by atoms with E-state index in [1.54, 1.807) is 0 Å². The molecule has 0 aromatic heterocycles. The lowest BCUT2D eigenvalue weighted by molar-refractivity contribution is -0.167. The fourth-order valence-electron chi connectivity index (χ4n) is 8.78. The first kappa shape index (κ1) is 68.1. The Morgan fingerprint density at radius 3 is 0.845 bits per heavy atom. The third-order valence-corrected chi connectivity index (χ3v) is 13.5. The van der Waals surface area contributed by atoms with Gasteiger partial charge in [-0.2, -0.15) is 0 Å². The van der Waals surface area contributed by atoms with Crippen LogP contribution in [-0.4, -0.2) is 37.2 Å². The van der Waals surface area contributed by atoms with Crippen molar-refractivity contribution in [3.63, 3.8) is 0 Å². The summed E-state index contributed by atoms with van der Waals surface area (Å²) in [6.07, 6.45) is 75.1. The van der Waals surface area contributed by atoms with E-state index in [1.165, 1.54) is 193 Å². The van der Waals surface area contributed by atoms with Gasteiger partial charge in [-0.25, -0.2) is 0 Å². The summed E-state index contributed by atoms with van der Waals surface area (Å²) in [5.74, 6) is -0.894. The predicted molar refractivity (Wildman–Crippen MR) is 307 cm³/mol. The molecule has 1 atom stereocenters. The van der Waals surface area contributed by atoms with E-state index in [9.17, 15) is 14.4 Å². The summed E-state index contributed by atoms with van der Waals surface area (Å²) in [6, 6.07) is 0. The number of esters is 3. The predicted octanol–water partition coefficient (Wildman–Crippen LogP) is 20.8. The molecule has 0 N–H and O–H groups in total. The van der Waals surface area contributed by atoms with Gasteiger partial charge in [-0.3, -0.25) is 14.4 Å². The largest absolute Gasteiger partial charge is 0.462 e. The Bertz CT molecular complexity index is 1280. The van der Waals surface area contributed by atoms with Gasteiger partial charge in [0.05, 0.1) is 0 Å². The van der Waals surface area contributed by atoms with Gasteiger partial charge in [-0.15, -0.1) is 0 Å². The highest BCUT2D eigenvalue weighted by Crippen LogP contribution is 2.16. The van der Waals surface area contributed by atoms with Crippen LogP contribution in [0.3, 0.4) is 0 Å². The number of carbonyl (C=O) groups excluding carboxylic acids is 3. The number of allylic oxidation sites excluding steroid dienone is 10. The molecule has 0 amide bonds. The molecule has 0 radical (unpaired) electrons. The molecule has 0 aliphatic carbocycles. The quantitative estimate of drug-likeness (QED) is 0.0261. The lowest BCUT2D eigenvalue weighted by Gasteiger charge is -2.18. The van der Waals surface area contributed by atoms with Crippen LogP contribution in [0.4, 0.5) is 0 Å². The summed E-state index contributed by atoms with van der Waals surface area (Å²) in [6.45, 7) is 6.60. The van der Waals surface area contributed by atoms with Crippen LogP contribution in [0.1, 0.15) is 316 Å². The molecular weight excluding hydrogens is 877 g/mol. The molecule has 0 heterocycles. The van der Waals surface area contributed by atoms with Crippen LogP contribution in [0.5, 0.6) is 0 Å². The van der Waals surface area contributed by atoms with Gasteiger partial charge in [0.25, 0.3) is 0 Å². The van der Waals surface area contributed by atoms with Crippen molar-refractivity contribution in [3.8, 4) is 0 Å². The molecule has 0 rings (SSSR count). The Morgan fingerprint density at radius 2 is 0.521 bits per heavy atom. The molecule has 6 nitrogen and oxygen atoms in total. The summed E-state index contributed by atoms with van der Waals surface area (Å²) >= 11 is 0. The maximum absolute atomic E-state index is 12.9. The van der Waals surface area contributed by atoms with Crippen LogP contribution in [0.25, 0.3) is 0 Å². The van der Waals surface area contributed by atoms with Crippen molar-refractivity contribution in [3.05, 3.63) is 60.8 Å². The van der Waals surface area contributed by atoms with Crippen molar-refractivity contribution in [2.45, 2.75) is 322 Å². The first-order valence-electron chi connectivity index (χ1n) is 30.8. The lowest BCUT2D eigenvalue weighted by atomic mass is 10.1. The van der Waals surface area contributed by atoms with Gasteiger partial charge < -0.3 is 14.2 Å². The van der Waals surface area contributed by atoms with Crippen LogP contribution < -0.4 is 0 Å². The third-order valence-electron chi connectivity index (χ3n) is 13.5. The molecule has 6 heteroatoms. The van der Waals surface area contributed by atoms with Crippen LogP contribution in [0.2, 0.25) is 0 Å². The maximum Gasteiger partial charge on any atom is 0.306 e. The van der Waals surface area contributed by atoms with Gasteiger partial charge in [0.15, 0.2) is 6.10 Å². The molecule has 0 bridgehead atoms. The molecule has 0 aromatic rings. The molecule has 0 aliphatic rings. The minimum Gasteiger partial charge on any atom is -0.462 e. The number of rotatable bonds is 56. The summed E-state index contributed by atoms with van der Waals surface area (Å²) in [7, 11) is 0. The van der Waals surface area contributed by atoms with E-state index in [2.05, 4.69) is 81.5 Å². The molecule has 412 valence electrons. The molecule has 0 aromatic carbocycles. The average molecular weight is 994 g/mol. The van der Waals surface area contributed by atoms with E-state index in [4.69, 9.17) is 14.2 Å². The van der Waals surface area contributed by atoms with Gasteiger partial charge in [0, 0.05) is 19.3 Å². The fourth-order valence-corrected chi connectivity index (χ4v) is 8.78. The van der Waals surface area contributed by atoms with E-state index in [0.717, 1.165) is 83.5 Å². The highest BCUT2D eigenvalue weighted by Gasteiger charge is 2.19. The Morgan fingerprint density at radius 1 is 0.282 bits per heavy atom. The zero-order valence-corrected chi connectivity index (χ0v) is 47.2. The van der Waals surface area contributed by atoms with Gasteiger partial charge in [0.1, 0.15) is 13.2 Å². The van der Waals surface area contributed by atoms with E-state index in [-0.39, 0.29) is 31.1 Å². The van der Waals surface area contributed by atoms with Crippen LogP contribution in [-0.2, 0) is 28.6 Å². The molecule has 1 unspecified atom stereocenters. The normalized spacial score (nSPS) is 12.4. The Kier molecular flexibility index (Phi) is 57.2. The van der Waals surface area contributed by atoms with Gasteiger partial charge in [-0.05, 0) is 103 Å². The molecule has 0 aliphatic heterocycles. The monoisotopic (exact) mass is 993 g/mol. The molecule has 0 saturated heterocycles. The molecular formula is C65H116O6. The maximum atomic E-state index is 12.9. The standard InChI is InChI=1S/C65H116O6/c1-4-7-10-13-16-19-22-24-26-28-30-32-34-36-38-40-43-46-49-52-55-58-64(67)70-61-62(60-69-63(66)57-54-51-48-45-42-21-18-15-12-9-6-3)71-65(68)59-56-53-50-47-44-41-39-37-35-33-31-29-27-25-23-20-17-14-11-8-5-2/h15,18,22,24,28-31,34,36,62H,4-14,16-17,19-21,23,25-27,32-33,35,37-61H2,1-3H3/b18-15-,24-22-,30-28-,31-29-,36-34-. The average Bonchev–Trinajstić information content (AvgIpc) is 3.37. The van der Waals surface area contributed by atoms with Crippen molar-refractivity contribution in [2.75, 3.05) is 13.2 Å². The molecule has 0 saturated carbocycles. The Labute approximate surface area is 440 Å². The molecule has 0 fully saturated rings. The second-order valence-corrected chi connectivity index (χ2v) is 20.6. The van der Waals surface area contributed by atoms with E-state index < -0.39 is 6.10 Å². The summed E-state index contributed by atoms with van der Waals surface area (Å²) < 4.78 is 16.9. The number of carbonyl (C=O) groups is 3. The zero-order chi connectivity index (χ0) is 51.4. The number of hydrogen-bond acceptors (Lipinski definition) is 6. The van der Waals surface area contributed by atoms with Gasteiger partial charge in [0.2, 0.25) is 0 Å². The zero-order valence-electron chi connectivity index (χ0n) is 47.2. The highest BCUT2D eigenvalue weighted by atomic mass is 16.6. The molecule has 71 heavy (non-hydrogen) atoms. The van der Waals surface area contributed by atoms with Gasteiger partial charge in [-0.1, -0.05) is 255 Å². The van der Waals surface area contributed by atoms with Crippen LogP contribution in [0, 0.1) is 0 Å². The number of unbranched alkanes of at least 4 members (excludes halogenated alkanes) is 35. The first-order valence-corrected chi connectivity index (χ1v) is 30.8. The number of ether oxygens (including phenoxy) is 3. The smallest absolute Gasteiger partial charge is 0.306 e. The van der Waals surface area contributed by atoms with Crippen molar-refractivity contribution >= 4 is 17.9 Å². The van der Waals surface area contributed by atoms with Crippen LogP contribution in [0.15, 0.2) is 60.8 Å². The summed E-state index contributed by atoms with van der Waals surface area (Å²) in [5.41, 5.74) is 0. The Hall–Kier alpha value is -2.89. The fraction of sp³-hybridized carbons (Fsp3) is 0.800. The minimum atomic E-state index is -0.784. The third kappa shape index (κ3) is 57.9. The SMILES string of the molecule is CCCC/C=C\CCCCCCCC(=O)OCC(COC(=O)CCCCCCCC/C=C\C/C=C\C/C=C\CCCCCCC)OC(=O)CCCCCCCCCCC/C=C\CCCCCCCCCC. The van der Waals surface area contributed by atoms with Crippen molar-refractivity contribution in [1.29, 1.82) is 0 Å². The van der Waals surface area contributed by atoms with Gasteiger partial charge >= 0.3 is 17.9 Å². The lowest BCUT2D eigenvalue weighted by Crippen LogP contribution is -2.30. The number of hydrogen-bond donors (Lipinski definition) is 0. The minimum absolute atomic E-state index is 0.0827. The van der Waals surface area contributed by atoms with Crippen molar-refractivity contribution in [2.24, 2.45) is 0 Å². The summed E-state index contributed by atoms with van der Waals surface area (Å²) in [5, 5.41) is 0. The van der Waals surface area contributed by atoms with E-state index >= 15 is 0 Å². The van der Waals surface area contributed by atoms with E-state index in [0.29, 0.717) is 19.3 Å². The van der Waals surface area contributed by atoms with Crippen molar-refractivity contribution < 1.29 is 28.6 Å². The molecule has 0 spiro atoms. The Balaban J connectivity index is 4.32.